The summed E-state index contributed by atoms with van der Waals surface area (Å²) in [4.78, 5) is 26.1. The Balaban J connectivity index is 1.44. The number of halogens is 2. The third-order valence-electron chi connectivity index (χ3n) is 6.71. The Hall–Kier alpha value is -2.04. The molecule has 4 nitrogen and oxygen atoms in total. The zero-order valence-corrected chi connectivity index (χ0v) is 18.3. The van der Waals surface area contributed by atoms with Crippen molar-refractivity contribution in [1.29, 1.82) is 0 Å². The molecule has 0 saturated carbocycles. The summed E-state index contributed by atoms with van der Waals surface area (Å²) in [6.07, 6.45) is 3.62. The van der Waals surface area contributed by atoms with E-state index in [0.717, 1.165) is 41.0 Å². The van der Waals surface area contributed by atoms with Crippen molar-refractivity contribution in [2.75, 3.05) is 13.1 Å². The van der Waals surface area contributed by atoms with Gasteiger partial charge >= 0.3 is 5.97 Å². The summed E-state index contributed by atoms with van der Waals surface area (Å²) in [5.41, 5.74) is 3.05. The third-order valence-corrected chi connectivity index (χ3v) is 7.40. The van der Waals surface area contributed by atoms with Crippen LogP contribution in [0.2, 0.25) is 10.0 Å². The van der Waals surface area contributed by atoms with Crippen molar-refractivity contribution < 1.29 is 14.7 Å². The van der Waals surface area contributed by atoms with Gasteiger partial charge in [0, 0.05) is 35.0 Å². The van der Waals surface area contributed by atoms with Crippen LogP contribution in [0.5, 0.6) is 0 Å². The lowest BCUT2D eigenvalue weighted by atomic mass is 9.73. The minimum atomic E-state index is -0.782. The van der Waals surface area contributed by atoms with Crippen LogP contribution in [-0.2, 0) is 21.4 Å². The number of aliphatic carboxylic acids is 1. The Morgan fingerprint density at radius 3 is 2.43 bits per heavy atom. The predicted molar refractivity (Wildman–Crippen MR) is 118 cm³/mol. The maximum absolute atomic E-state index is 12.8. The van der Waals surface area contributed by atoms with E-state index >= 15 is 0 Å². The summed E-state index contributed by atoms with van der Waals surface area (Å²) >= 11 is 12.8. The molecule has 0 bridgehead atoms. The first-order chi connectivity index (χ1) is 14.4. The molecule has 158 valence electrons. The van der Waals surface area contributed by atoms with Gasteiger partial charge in [-0.05, 0) is 60.4 Å². The molecule has 0 radical (unpaired) electrons. The van der Waals surface area contributed by atoms with Gasteiger partial charge in [0.05, 0.1) is 6.42 Å². The fourth-order valence-electron chi connectivity index (χ4n) is 5.26. The van der Waals surface area contributed by atoms with Gasteiger partial charge in [0.2, 0.25) is 5.91 Å². The number of nitrogens with zero attached hydrogens (tertiary/aromatic N) is 1. The topological polar surface area (TPSA) is 57.6 Å². The van der Waals surface area contributed by atoms with E-state index in [9.17, 15) is 14.7 Å². The van der Waals surface area contributed by atoms with Crippen LogP contribution < -0.4 is 0 Å². The van der Waals surface area contributed by atoms with Crippen LogP contribution in [0.15, 0.2) is 42.5 Å². The highest BCUT2D eigenvalue weighted by Crippen LogP contribution is 2.54. The molecule has 4 rings (SSSR count). The number of hydrogen-bond acceptors (Lipinski definition) is 2. The molecule has 30 heavy (non-hydrogen) atoms. The molecule has 1 aliphatic heterocycles. The quantitative estimate of drug-likeness (QED) is 0.665. The van der Waals surface area contributed by atoms with Crippen LogP contribution in [0.4, 0.5) is 0 Å². The van der Waals surface area contributed by atoms with Crippen LogP contribution in [-0.4, -0.2) is 35.0 Å². The standard InChI is InChI=1S/C24H25Cl2NO3/c25-19-6-2-1-4-16(19)8-9-21(28)27-12-10-24(11-13-27)15-17(14-22(29)30)18-5-3-7-20(26)23(18)24/h1-7,17H,8-15H2,(H,29,30). The van der Waals surface area contributed by atoms with Gasteiger partial charge < -0.3 is 10.0 Å². The smallest absolute Gasteiger partial charge is 0.303 e. The zero-order chi connectivity index (χ0) is 21.3. The number of benzene rings is 2. The van der Waals surface area contributed by atoms with Gasteiger partial charge in [0.15, 0.2) is 0 Å². The van der Waals surface area contributed by atoms with E-state index in [0.29, 0.717) is 31.0 Å². The Morgan fingerprint density at radius 2 is 1.73 bits per heavy atom. The van der Waals surface area contributed by atoms with E-state index in [4.69, 9.17) is 23.2 Å². The van der Waals surface area contributed by atoms with Gasteiger partial charge in [0.1, 0.15) is 0 Å². The van der Waals surface area contributed by atoms with Crippen LogP contribution in [0.3, 0.4) is 0 Å². The Bertz CT molecular complexity index is 967. The average Bonchev–Trinajstić information content (AvgIpc) is 3.01. The minimum Gasteiger partial charge on any atom is -0.481 e. The Kier molecular flexibility index (Phi) is 6.08. The monoisotopic (exact) mass is 445 g/mol. The largest absolute Gasteiger partial charge is 0.481 e. The van der Waals surface area contributed by atoms with E-state index in [2.05, 4.69) is 0 Å². The van der Waals surface area contributed by atoms with Gasteiger partial charge in [-0.15, -0.1) is 0 Å². The minimum absolute atomic E-state index is 0.0151. The van der Waals surface area contributed by atoms with Gasteiger partial charge in [-0.25, -0.2) is 0 Å². The van der Waals surface area contributed by atoms with Gasteiger partial charge in [-0.1, -0.05) is 53.5 Å². The molecule has 2 aromatic rings. The number of carbonyl (C=O) groups is 2. The molecule has 1 amide bonds. The van der Waals surface area contributed by atoms with Gasteiger partial charge in [0.25, 0.3) is 0 Å². The Labute approximate surface area is 186 Å². The molecule has 1 atom stereocenters. The lowest BCUT2D eigenvalue weighted by Crippen LogP contribution is -2.44. The van der Waals surface area contributed by atoms with Crippen molar-refractivity contribution in [1.82, 2.24) is 4.90 Å². The zero-order valence-electron chi connectivity index (χ0n) is 16.7. The summed E-state index contributed by atoms with van der Waals surface area (Å²) < 4.78 is 0. The number of amides is 1. The van der Waals surface area contributed by atoms with Crippen molar-refractivity contribution in [3.63, 3.8) is 0 Å². The SMILES string of the molecule is O=C(O)CC1CC2(CCN(C(=O)CCc3ccccc3Cl)CC2)c2c(Cl)cccc21. The number of piperidine rings is 1. The summed E-state index contributed by atoms with van der Waals surface area (Å²) in [6.45, 7) is 1.34. The predicted octanol–water partition coefficient (Wildman–Crippen LogP) is 5.45. The number of carbonyl (C=O) groups excluding carboxylic acids is 1. The molecule has 1 N–H and O–H groups in total. The summed E-state index contributed by atoms with van der Waals surface area (Å²) in [5, 5.41) is 10.8. The number of likely N-dealkylation sites (tertiary alicyclic amines) is 1. The second-order valence-electron chi connectivity index (χ2n) is 8.46. The maximum Gasteiger partial charge on any atom is 0.303 e. The molecule has 2 aromatic carbocycles. The fourth-order valence-corrected chi connectivity index (χ4v) is 5.87. The normalized spacial score (nSPS) is 19.7. The highest BCUT2D eigenvalue weighted by atomic mass is 35.5. The number of fused-ring (bicyclic) bond motifs is 2. The van der Waals surface area contributed by atoms with Gasteiger partial charge in [-0.3, -0.25) is 9.59 Å². The third kappa shape index (κ3) is 4.08. The fraction of sp³-hybridized carbons (Fsp3) is 0.417. The number of carboxylic acids is 1. The van der Waals surface area contributed by atoms with Crippen molar-refractivity contribution in [2.45, 2.75) is 49.9 Å². The van der Waals surface area contributed by atoms with Crippen molar-refractivity contribution in [3.8, 4) is 0 Å². The van der Waals surface area contributed by atoms with E-state index in [1.54, 1.807) is 0 Å². The number of aryl methyl sites for hydroxylation is 1. The van der Waals surface area contributed by atoms with Crippen molar-refractivity contribution in [3.05, 3.63) is 69.2 Å². The van der Waals surface area contributed by atoms with E-state index in [1.807, 2.05) is 47.4 Å². The second-order valence-corrected chi connectivity index (χ2v) is 9.27. The highest BCUT2D eigenvalue weighted by Gasteiger charge is 2.47. The van der Waals surface area contributed by atoms with E-state index in [-0.39, 0.29) is 23.7 Å². The first-order valence-electron chi connectivity index (χ1n) is 10.4. The molecular weight excluding hydrogens is 421 g/mol. The molecule has 1 heterocycles. The van der Waals surface area contributed by atoms with E-state index in [1.165, 1.54) is 0 Å². The molecular formula is C24H25Cl2NO3. The van der Waals surface area contributed by atoms with Crippen LogP contribution >= 0.6 is 23.2 Å². The van der Waals surface area contributed by atoms with Gasteiger partial charge in [-0.2, -0.15) is 0 Å². The van der Waals surface area contributed by atoms with E-state index < -0.39 is 5.97 Å². The second kappa shape index (κ2) is 8.60. The molecule has 1 aliphatic carbocycles. The molecule has 2 aliphatic rings. The maximum atomic E-state index is 12.8. The van der Waals surface area contributed by atoms with Crippen LogP contribution in [0.1, 0.15) is 54.7 Å². The van der Waals surface area contributed by atoms with Crippen LogP contribution in [0.25, 0.3) is 0 Å². The number of hydrogen-bond donors (Lipinski definition) is 1. The lowest BCUT2D eigenvalue weighted by molar-refractivity contribution is -0.137. The molecule has 1 saturated heterocycles. The molecule has 0 aromatic heterocycles. The number of carboxylic acid groups (broad SMARTS) is 1. The first-order valence-corrected chi connectivity index (χ1v) is 11.2. The molecule has 1 fully saturated rings. The summed E-state index contributed by atoms with van der Waals surface area (Å²) in [7, 11) is 0. The van der Waals surface area contributed by atoms with Crippen molar-refractivity contribution >= 4 is 35.1 Å². The van der Waals surface area contributed by atoms with Crippen molar-refractivity contribution in [2.24, 2.45) is 0 Å². The number of rotatable bonds is 5. The Morgan fingerprint density at radius 1 is 1.03 bits per heavy atom. The van der Waals surface area contributed by atoms with Crippen LogP contribution in [0, 0.1) is 0 Å². The summed E-state index contributed by atoms with van der Waals surface area (Å²) in [6, 6.07) is 13.5. The summed E-state index contributed by atoms with van der Waals surface area (Å²) in [5.74, 6) is -0.655. The molecule has 1 unspecified atom stereocenters. The molecule has 6 heteroatoms. The average molecular weight is 446 g/mol. The highest BCUT2D eigenvalue weighted by molar-refractivity contribution is 6.31. The molecule has 1 spiro atoms. The lowest BCUT2D eigenvalue weighted by Gasteiger charge is -2.41. The first kappa shape index (κ1) is 21.2.